The fourth-order valence-corrected chi connectivity index (χ4v) is 3.31. The Kier molecular flexibility index (Phi) is 4.37. The van der Waals surface area contributed by atoms with Gasteiger partial charge in [-0.05, 0) is 25.0 Å². The van der Waals surface area contributed by atoms with Crippen molar-refractivity contribution >= 4 is 32.5 Å². The minimum absolute atomic E-state index is 0.428. The minimum atomic E-state index is 0.428. The van der Waals surface area contributed by atoms with Gasteiger partial charge in [-0.2, -0.15) is 5.26 Å². The van der Waals surface area contributed by atoms with Gasteiger partial charge >= 0.3 is 0 Å². The molecule has 4 nitrogen and oxygen atoms in total. The van der Waals surface area contributed by atoms with Crippen molar-refractivity contribution in [2.24, 2.45) is 0 Å². The van der Waals surface area contributed by atoms with Crippen LogP contribution in [-0.2, 0) is 0 Å². The number of fused-ring (bicyclic) bond motifs is 1. The van der Waals surface area contributed by atoms with Gasteiger partial charge in [-0.3, -0.25) is 4.90 Å². The first-order chi connectivity index (χ1) is 10.3. The van der Waals surface area contributed by atoms with E-state index in [0.717, 1.165) is 41.6 Å². The highest BCUT2D eigenvalue weighted by molar-refractivity contribution is 9.10. The Morgan fingerprint density at radius 2 is 2.10 bits per heavy atom. The van der Waals surface area contributed by atoms with Gasteiger partial charge < -0.3 is 5.32 Å². The molecule has 0 bridgehead atoms. The van der Waals surface area contributed by atoms with Crippen molar-refractivity contribution in [2.45, 2.75) is 18.9 Å². The monoisotopic (exact) mass is 344 g/mol. The lowest BCUT2D eigenvalue weighted by Gasteiger charge is -2.31. The summed E-state index contributed by atoms with van der Waals surface area (Å²) in [5.41, 5.74) is 0. The van der Waals surface area contributed by atoms with E-state index in [-0.39, 0.29) is 0 Å². The minimum Gasteiger partial charge on any atom is -0.367 e. The molecule has 21 heavy (non-hydrogen) atoms. The van der Waals surface area contributed by atoms with E-state index in [2.05, 4.69) is 43.3 Å². The Bertz CT molecular complexity index is 672. The Labute approximate surface area is 132 Å². The number of anilines is 1. The fraction of sp³-hybridized carbons (Fsp3) is 0.375. The molecule has 2 aromatic rings. The normalized spacial score (nSPS) is 16.8. The van der Waals surface area contributed by atoms with Crippen LogP contribution in [0, 0.1) is 11.3 Å². The molecule has 0 unspecified atom stereocenters. The van der Waals surface area contributed by atoms with Crippen molar-refractivity contribution in [3.05, 3.63) is 34.9 Å². The van der Waals surface area contributed by atoms with Gasteiger partial charge in [0.15, 0.2) is 0 Å². The van der Waals surface area contributed by atoms with Crippen molar-refractivity contribution in [3.8, 4) is 6.07 Å². The maximum absolute atomic E-state index is 8.74. The highest BCUT2D eigenvalue weighted by Gasteiger charge is 2.19. The van der Waals surface area contributed by atoms with E-state index in [9.17, 15) is 0 Å². The molecule has 3 rings (SSSR count). The summed E-state index contributed by atoms with van der Waals surface area (Å²) in [6.45, 7) is 2.48. The predicted octanol–water partition coefficient (Wildman–Crippen LogP) is 3.40. The molecule has 0 amide bonds. The number of aromatic nitrogens is 1. The summed E-state index contributed by atoms with van der Waals surface area (Å²) in [5, 5.41) is 14.6. The van der Waals surface area contributed by atoms with Crippen molar-refractivity contribution in [2.75, 3.05) is 25.0 Å². The van der Waals surface area contributed by atoms with Crippen molar-refractivity contribution in [1.29, 1.82) is 5.26 Å². The smallest absolute Gasteiger partial charge is 0.134 e. The highest BCUT2D eigenvalue weighted by atomic mass is 79.9. The highest BCUT2D eigenvalue weighted by Crippen LogP contribution is 2.28. The van der Waals surface area contributed by atoms with Crippen LogP contribution in [0.15, 0.2) is 34.9 Å². The van der Waals surface area contributed by atoms with Crippen molar-refractivity contribution in [3.63, 3.8) is 0 Å². The number of halogens is 1. The molecular weight excluding hydrogens is 328 g/mol. The molecular formula is C16H17BrN4. The van der Waals surface area contributed by atoms with Crippen LogP contribution in [0.3, 0.4) is 0 Å². The molecule has 0 atom stereocenters. The van der Waals surface area contributed by atoms with E-state index in [1.807, 2.05) is 24.4 Å². The first-order valence-corrected chi connectivity index (χ1v) is 7.96. The van der Waals surface area contributed by atoms with Gasteiger partial charge in [0.1, 0.15) is 5.82 Å². The van der Waals surface area contributed by atoms with Gasteiger partial charge in [0.05, 0.1) is 12.6 Å². The second-order valence-electron chi connectivity index (χ2n) is 5.35. The summed E-state index contributed by atoms with van der Waals surface area (Å²) in [4.78, 5) is 6.70. The number of hydrogen-bond donors (Lipinski definition) is 1. The van der Waals surface area contributed by atoms with Crippen LogP contribution < -0.4 is 5.32 Å². The summed E-state index contributed by atoms with van der Waals surface area (Å²) < 4.78 is 1.09. The maximum atomic E-state index is 8.74. The molecule has 1 aliphatic rings. The SMILES string of the molecule is N#CCN1CCC(Nc2nccc3c(Br)cccc23)CC1. The summed E-state index contributed by atoms with van der Waals surface area (Å²) in [5.74, 6) is 0.951. The molecule has 108 valence electrons. The van der Waals surface area contributed by atoms with Crippen LogP contribution in [0.25, 0.3) is 10.8 Å². The standard InChI is InChI=1S/C16H17BrN4/c17-15-3-1-2-14-13(15)4-8-19-16(14)20-12-5-9-21(10-6-12)11-7-18/h1-4,8,12H,5-6,9-11H2,(H,19,20). The second-order valence-corrected chi connectivity index (χ2v) is 6.20. The quantitative estimate of drug-likeness (QED) is 0.867. The first kappa shape index (κ1) is 14.3. The molecule has 1 aliphatic heterocycles. The van der Waals surface area contributed by atoms with E-state index in [1.165, 1.54) is 5.39 Å². The molecule has 1 aromatic carbocycles. The van der Waals surface area contributed by atoms with Gasteiger partial charge in [-0.1, -0.05) is 28.1 Å². The number of benzene rings is 1. The number of pyridine rings is 1. The first-order valence-electron chi connectivity index (χ1n) is 7.17. The van der Waals surface area contributed by atoms with Gasteiger partial charge in [0.25, 0.3) is 0 Å². The number of nitrogens with zero attached hydrogens (tertiary/aromatic N) is 3. The number of likely N-dealkylation sites (tertiary alicyclic amines) is 1. The van der Waals surface area contributed by atoms with E-state index in [0.29, 0.717) is 12.6 Å². The van der Waals surface area contributed by atoms with Crippen LogP contribution in [0.1, 0.15) is 12.8 Å². The van der Waals surface area contributed by atoms with E-state index < -0.39 is 0 Å². The molecule has 5 heteroatoms. The van der Waals surface area contributed by atoms with Gasteiger partial charge in [0, 0.05) is 40.6 Å². The zero-order valence-corrected chi connectivity index (χ0v) is 13.3. The fourth-order valence-electron chi connectivity index (χ4n) is 2.81. The van der Waals surface area contributed by atoms with Crippen LogP contribution in [0.5, 0.6) is 0 Å². The number of nitrogens with one attached hydrogen (secondary N) is 1. The molecule has 1 aromatic heterocycles. The third-order valence-corrected chi connectivity index (χ3v) is 4.67. The van der Waals surface area contributed by atoms with E-state index in [1.54, 1.807) is 0 Å². The molecule has 1 fully saturated rings. The lowest BCUT2D eigenvalue weighted by atomic mass is 10.0. The average molecular weight is 345 g/mol. The molecule has 0 spiro atoms. The summed E-state index contributed by atoms with van der Waals surface area (Å²) in [6.07, 6.45) is 3.95. The third-order valence-electron chi connectivity index (χ3n) is 3.98. The molecule has 1 N–H and O–H groups in total. The van der Waals surface area contributed by atoms with Gasteiger partial charge in [-0.25, -0.2) is 4.98 Å². The summed E-state index contributed by atoms with van der Waals surface area (Å²) >= 11 is 3.59. The lowest BCUT2D eigenvalue weighted by Crippen LogP contribution is -2.39. The third kappa shape index (κ3) is 3.17. The van der Waals surface area contributed by atoms with E-state index >= 15 is 0 Å². The molecule has 1 saturated heterocycles. The number of piperidine rings is 1. The van der Waals surface area contributed by atoms with Crippen molar-refractivity contribution < 1.29 is 0 Å². The Morgan fingerprint density at radius 3 is 2.86 bits per heavy atom. The van der Waals surface area contributed by atoms with Gasteiger partial charge in [0.2, 0.25) is 0 Å². The summed E-state index contributed by atoms with van der Waals surface area (Å²) in [7, 11) is 0. The molecule has 0 radical (unpaired) electrons. The summed E-state index contributed by atoms with van der Waals surface area (Å²) in [6, 6.07) is 10.9. The maximum Gasteiger partial charge on any atom is 0.134 e. The Balaban J connectivity index is 1.75. The number of rotatable bonds is 3. The van der Waals surface area contributed by atoms with Crippen LogP contribution in [0.2, 0.25) is 0 Å². The van der Waals surface area contributed by atoms with Crippen LogP contribution in [0.4, 0.5) is 5.82 Å². The van der Waals surface area contributed by atoms with E-state index in [4.69, 9.17) is 5.26 Å². The number of nitriles is 1. The second kappa shape index (κ2) is 6.42. The predicted molar refractivity (Wildman–Crippen MR) is 88.1 cm³/mol. The molecule has 2 heterocycles. The van der Waals surface area contributed by atoms with Crippen LogP contribution >= 0.6 is 15.9 Å². The number of hydrogen-bond acceptors (Lipinski definition) is 4. The zero-order valence-electron chi connectivity index (χ0n) is 11.7. The Morgan fingerprint density at radius 1 is 1.29 bits per heavy atom. The lowest BCUT2D eigenvalue weighted by molar-refractivity contribution is 0.242. The Hall–Kier alpha value is -1.64. The van der Waals surface area contributed by atoms with Crippen LogP contribution in [-0.4, -0.2) is 35.6 Å². The topological polar surface area (TPSA) is 52.0 Å². The van der Waals surface area contributed by atoms with Gasteiger partial charge in [-0.15, -0.1) is 0 Å². The molecule has 0 saturated carbocycles. The molecule has 0 aliphatic carbocycles. The average Bonchev–Trinajstić information content (AvgIpc) is 2.51. The zero-order chi connectivity index (χ0) is 14.7. The largest absolute Gasteiger partial charge is 0.367 e. The van der Waals surface area contributed by atoms with Crippen molar-refractivity contribution in [1.82, 2.24) is 9.88 Å².